The Labute approximate surface area is 190 Å². The van der Waals surface area contributed by atoms with Crippen LogP contribution in [-0.4, -0.2) is 7.63 Å². The van der Waals surface area contributed by atoms with Crippen molar-refractivity contribution in [2.75, 3.05) is 0 Å². The predicted octanol–water partition coefficient (Wildman–Crippen LogP) is 6.27. The third-order valence-electron chi connectivity index (χ3n) is 6.21. The van der Waals surface area contributed by atoms with E-state index in [0.29, 0.717) is 8.45 Å². The molecule has 0 N–H and O–H groups in total. The van der Waals surface area contributed by atoms with E-state index < -0.39 is 15.3 Å². The second-order valence-electron chi connectivity index (χ2n) is 7.83. The molecule has 0 nitrogen and oxygen atoms in total. The van der Waals surface area contributed by atoms with Crippen LogP contribution in [0.3, 0.4) is 0 Å². The zero-order valence-corrected chi connectivity index (χ0v) is 20.8. The van der Waals surface area contributed by atoms with E-state index in [2.05, 4.69) is 111 Å². The van der Waals surface area contributed by atoms with Crippen LogP contribution in [0, 0.1) is 0 Å². The summed E-state index contributed by atoms with van der Waals surface area (Å²) in [5.41, 5.74) is 7.46. The molecule has 5 rings (SSSR count). The van der Waals surface area contributed by atoms with Crippen LogP contribution in [0.25, 0.3) is 12.2 Å². The molecule has 0 aromatic heterocycles. The Balaban J connectivity index is 0.00000120. The summed E-state index contributed by atoms with van der Waals surface area (Å²) in [6.07, 6.45) is 9.78. The van der Waals surface area contributed by atoms with E-state index in [4.69, 9.17) is 0 Å². The summed E-state index contributed by atoms with van der Waals surface area (Å²) in [6, 6.07) is 29.2. The number of allylic oxidation sites excluding steroid dienone is 2. The van der Waals surface area contributed by atoms with Crippen molar-refractivity contribution in [3.05, 3.63) is 119 Å². The van der Waals surface area contributed by atoms with Crippen LogP contribution in [0.4, 0.5) is 0 Å². The summed E-state index contributed by atoms with van der Waals surface area (Å²) < 4.78 is 2.48. The van der Waals surface area contributed by atoms with Crippen LogP contribution < -0.4 is 0 Å². The Morgan fingerprint density at radius 2 is 1.07 bits per heavy atom. The standard InChI is InChI=1S/2C9H7.C7H7.2ClH.H2Si.Ti/c2*1-2-5-9-7-3-6-8(9)4-1;1-7-5-3-2-4-6-7;;;;/h2*1-7H;2-6H,1H2;2*1H;1H2;. The number of halogens is 2. The minimum absolute atomic E-state index is 0. The molecule has 0 bridgehead atoms. The topological polar surface area (TPSA) is 0 Å². The summed E-state index contributed by atoms with van der Waals surface area (Å²) >= 11 is -2.43. The van der Waals surface area contributed by atoms with Gasteiger partial charge in [-0.05, 0) is 0 Å². The normalized spacial score (nSPS) is 20.1. The minimum atomic E-state index is -2.43. The van der Waals surface area contributed by atoms with E-state index in [1.807, 2.05) is 0 Å². The Morgan fingerprint density at radius 3 is 1.59 bits per heavy atom. The Kier molecular flexibility index (Phi) is 7.09. The van der Waals surface area contributed by atoms with Crippen molar-refractivity contribution in [1.29, 1.82) is 0 Å². The molecule has 2 aliphatic rings. The Hall–Kier alpha value is -1.35. The first-order valence-corrected chi connectivity index (χ1v) is 16.6. The molecular weight excluding hydrogens is 447 g/mol. The van der Waals surface area contributed by atoms with Gasteiger partial charge in [0.1, 0.15) is 0 Å². The average molecular weight is 472 g/mol. The number of benzene rings is 3. The maximum atomic E-state index is 2.52. The molecule has 147 valence electrons. The average Bonchev–Trinajstić information content (AvgIpc) is 3.34. The van der Waals surface area contributed by atoms with E-state index in [1.54, 1.807) is 11.1 Å². The molecule has 4 heteroatoms. The number of rotatable bonds is 4. The van der Waals surface area contributed by atoms with Crippen LogP contribution in [0.2, 0.25) is 0 Å². The van der Waals surface area contributed by atoms with Gasteiger partial charge in [0.2, 0.25) is 0 Å². The molecule has 0 heterocycles. The zero-order valence-electron chi connectivity index (χ0n) is 16.2. The van der Waals surface area contributed by atoms with E-state index in [1.165, 1.54) is 21.4 Å². The molecule has 0 spiro atoms. The van der Waals surface area contributed by atoms with Crippen molar-refractivity contribution in [3.8, 4) is 0 Å². The quantitative estimate of drug-likeness (QED) is 0.393. The molecule has 0 aliphatic heterocycles. The van der Waals surface area contributed by atoms with Crippen molar-refractivity contribution >= 4 is 44.6 Å². The van der Waals surface area contributed by atoms with Gasteiger partial charge in [0.25, 0.3) is 0 Å². The first-order valence-electron chi connectivity index (χ1n) is 9.69. The maximum absolute atomic E-state index is 2.52. The second kappa shape index (κ2) is 9.20. The predicted molar refractivity (Wildman–Crippen MR) is 130 cm³/mol. The van der Waals surface area contributed by atoms with Crippen LogP contribution >= 0.6 is 24.8 Å². The van der Waals surface area contributed by atoms with Crippen LogP contribution in [0.5, 0.6) is 0 Å². The molecular formula is C25H25Cl2SiTi. The first-order chi connectivity index (χ1) is 13.3. The number of fused-ring (bicyclic) bond motifs is 2. The third-order valence-corrected chi connectivity index (χ3v) is 18.0. The van der Waals surface area contributed by atoms with Gasteiger partial charge in [-0.1, -0.05) is 0 Å². The monoisotopic (exact) mass is 471 g/mol. The summed E-state index contributed by atoms with van der Waals surface area (Å²) in [4.78, 5) is 0. The van der Waals surface area contributed by atoms with Gasteiger partial charge in [-0.2, -0.15) is 0 Å². The molecule has 0 radical (unpaired) electrons. The van der Waals surface area contributed by atoms with E-state index in [-0.39, 0.29) is 24.8 Å². The van der Waals surface area contributed by atoms with Gasteiger partial charge in [-0.25, -0.2) is 0 Å². The van der Waals surface area contributed by atoms with Crippen molar-refractivity contribution < 1.29 is 15.3 Å². The summed E-state index contributed by atoms with van der Waals surface area (Å²) in [7, 11) is 2.40. The Bertz CT molecular complexity index is 1040. The van der Waals surface area contributed by atoms with Gasteiger partial charge in [0.15, 0.2) is 0 Å². The van der Waals surface area contributed by atoms with E-state index >= 15 is 0 Å². The molecule has 0 amide bonds. The molecule has 29 heavy (non-hydrogen) atoms. The summed E-state index contributed by atoms with van der Waals surface area (Å²) in [5, 5.41) is 0. The molecule has 2 unspecified atom stereocenters. The van der Waals surface area contributed by atoms with Crippen molar-refractivity contribution in [2.24, 2.45) is 0 Å². The van der Waals surface area contributed by atoms with E-state index in [0.717, 1.165) is 0 Å². The van der Waals surface area contributed by atoms with Gasteiger partial charge in [-0.15, -0.1) is 24.8 Å². The molecule has 0 fully saturated rings. The second-order valence-corrected chi connectivity index (χ2v) is 19.6. The van der Waals surface area contributed by atoms with Crippen LogP contribution in [0.1, 0.15) is 36.3 Å². The van der Waals surface area contributed by atoms with Crippen LogP contribution in [-0.2, 0) is 20.1 Å². The van der Waals surface area contributed by atoms with Crippen molar-refractivity contribution in [3.63, 3.8) is 0 Å². The fourth-order valence-electron chi connectivity index (χ4n) is 4.89. The van der Waals surface area contributed by atoms with Gasteiger partial charge in [0.05, 0.1) is 0 Å². The Morgan fingerprint density at radius 1 is 0.621 bits per heavy atom. The molecule has 3 aromatic rings. The molecule has 3 aromatic carbocycles. The number of hydrogen-bond acceptors (Lipinski definition) is 0. The zero-order chi connectivity index (χ0) is 18.3. The van der Waals surface area contributed by atoms with Gasteiger partial charge < -0.3 is 0 Å². The third kappa shape index (κ3) is 4.00. The fraction of sp³-hybridized carbons (Fsp3) is 0.120. The van der Waals surface area contributed by atoms with Gasteiger partial charge >= 0.3 is 167 Å². The van der Waals surface area contributed by atoms with E-state index in [9.17, 15) is 0 Å². The fourth-order valence-corrected chi connectivity index (χ4v) is 16.1. The SMILES string of the molecule is Cl.Cl.[SiH2]=[Ti]([CH2]c1ccccc1)([CH]1C=Cc2ccccc21)[CH]1C=Cc2ccccc21. The van der Waals surface area contributed by atoms with Gasteiger partial charge in [0, 0.05) is 0 Å². The summed E-state index contributed by atoms with van der Waals surface area (Å²) in [6.45, 7) is 0. The molecule has 0 saturated carbocycles. The van der Waals surface area contributed by atoms with Gasteiger partial charge in [-0.3, -0.25) is 0 Å². The first kappa shape index (κ1) is 22.3. The molecule has 2 aliphatic carbocycles. The molecule has 0 saturated heterocycles. The van der Waals surface area contributed by atoms with Crippen molar-refractivity contribution in [1.82, 2.24) is 0 Å². The van der Waals surface area contributed by atoms with Crippen LogP contribution in [0.15, 0.2) is 91.0 Å². The summed E-state index contributed by atoms with van der Waals surface area (Å²) in [5.74, 6) is 0. The van der Waals surface area contributed by atoms with Crippen molar-refractivity contribution in [2.45, 2.75) is 13.2 Å². The molecule has 2 atom stereocenters. The number of hydrogen-bond donors (Lipinski definition) is 0.